The number of carboxylic acids is 1. The molecule has 2 atom stereocenters. The molecule has 2 rings (SSSR count). The average molecular weight is 372 g/mol. The van der Waals surface area contributed by atoms with Crippen molar-refractivity contribution in [2.24, 2.45) is 5.92 Å². The Hall–Kier alpha value is -2.58. The van der Waals surface area contributed by atoms with Crippen LogP contribution in [0.5, 0.6) is 0 Å². The van der Waals surface area contributed by atoms with E-state index in [0.717, 1.165) is 17.0 Å². The second kappa shape index (κ2) is 7.35. The molecule has 0 aromatic heterocycles. The summed E-state index contributed by atoms with van der Waals surface area (Å²) in [6.45, 7) is 1.37. The smallest absolute Gasteiger partial charge is 0.416 e. The van der Waals surface area contributed by atoms with Gasteiger partial charge in [-0.15, -0.1) is 0 Å². The first-order chi connectivity index (χ1) is 12.0. The molecule has 1 aliphatic rings. The molecule has 0 spiro atoms. The topological polar surface area (TPSA) is 77.9 Å². The number of halogens is 3. The highest BCUT2D eigenvalue weighted by Gasteiger charge is 2.38. The van der Waals surface area contributed by atoms with E-state index in [0.29, 0.717) is 5.56 Å². The number of rotatable bonds is 5. The van der Waals surface area contributed by atoms with Gasteiger partial charge in [0, 0.05) is 26.6 Å². The lowest BCUT2D eigenvalue weighted by Crippen LogP contribution is -2.43. The van der Waals surface area contributed by atoms with Gasteiger partial charge in [-0.1, -0.05) is 12.1 Å². The number of carbonyl (C=O) groups excluding carboxylic acids is 2. The van der Waals surface area contributed by atoms with Crippen molar-refractivity contribution < 1.29 is 32.7 Å². The lowest BCUT2D eigenvalue weighted by Gasteiger charge is -2.24. The third-order valence-corrected chi connectivity index (χ3v) is 4.48. The third kappa shape index (κ3) is 4.33. The zero-order valence-electron chi connectivity index (χ0n) is 14.3. The molecule has 142 valence electrons. The molecule has 1 aromatic rings. The van der Waals surface area contributed by atoms with E-state index in [9.17, 15) is 27.6 Å². The largest absolute Gasteiger partial charge is 0.480 e. The maximum absolute atomic E-state index is 12.8. The van der Waals surface area contributed by atoms with Crippen LogP contribution >= 0.6 is 0 Å². The first-order valence-corrected chi connectivity index (χ1v) is 7.94. The molecule has 1 saturated heterocycles. The number of hydrogen-bond acceptors (Lipinski definition) is 3. The van der Waals surface area contributed by atoms with Crippen molar-refractivity contribution in [2.75, 3.05) is 13.6 Å². The molecular formula is C17H19F3N2O4. The van der Waals surface area contributed by atoms with E-state index < -0.39 is 35.6 Å². The first kappa shape index (κ1) is 19.7. The minimum atomic E-state index is -4.47. The lowest BCUT2D eigenvalue weighted by atomic mass is 10.1. The predicted molar refractivity (Wildman–Crippen MR) is 84.8 cm³/mol. The summed E-state index contributed by atoms with van der Waals surface area (Å²) in [5, 5.41) is 8.97. The Bertz CT molecular complexity index is 720. The Kier molecular flexibility index (Phi) is 5.58. The molecule has 0 bridgehead atoms. The highest BCUT2D eigenvalue weighted by Crippen LogP contribution is 2.30. The third-order valence-electron chi connectivity index (χ3n) is 4.48. The standard InChI is InChI=1S/C17H19F3N2O4/c1-10(16(25)26)21(2)15(24)12-7-14(23)22(9-12)8-11-4-3-5-13(6-11)17(18,19)20/h3-6,10,12H,7-9H2,1-2H3,(H,25,26). The molecule has 1 heterocycles. The fraction of sp³-hybridized carbons (Fsp3) is 0.471. The minimum Gasteiger partial charge on any atom is -0.480 e. The van der Waals surface area contributed by atoms with Crippen LogP contribution in [0.3, 0.4) is 0 Å². The normalized spacial score (nSPS) is 18.7. The zero-order valence-corrected chi connectivity index (χ0v) is 14.3. The monoisotopic (exact) mass is 372 g/mol. The average Bonchev–Trinajstić information content (AvgIpc) is 2.93. The van der Waals surface area contributed by atoms with Gasteiger partial charge in [0.05, 0.1) is 11.5 Å². The second-order valence-corrected chi connectivity index (χ2v) is 6.34. The van der Waals surface area contributed by atoms with Crippen molar-refractivity contribution in [3.63, 3.8) is 0 Å². The molecule has 1 aromatic carbocycles. The maximum atomic E-state index is 12.8. The first-order valence-electron chi connectivity index (χ1n) is 7.94. The van der Waals surface area contributed by atoms with E-state index >= 15 is 0 Å². The molecular weight excluding hydrogens is 353 g/mol. The van der Waals surface area contributed by atoms with Gasteiger partial charge in [0.25, 0.3) is 0 Å². The van der Waals surface area contributed by atoms with Gasteiger partial charge in [0.2, 0.25) is 11.8 Å². The SMILES string of the molecule is CC(C(=O)O)N(C)C(=O)C1CC(=O)N(Cc2cccc(C(F)(F)F)c2)C1. The van der Waals surface area contributed by atoms with E-state index in [2.05, 4.69) is 0 Å². The van der Waals surface area contributed by atoms with Gasteiger partial charge in [-0.05, 0) is 24.6 Å². The van der Waals surface area contributed by atoms with Crippen molar-refractivity contribution in [3.05, 3.63) is 35.4 Å². The van der Waals surface area contributed by atoms with Crippen molar-refractivity contribution in [1.29, 1.82) is 0 Å². The molecule has 1 aliphatic heterocycles. The number of hydrogen-bond donors (Lipinski definition) is 1. The van der Waals surface area contributed by atoms with Crippen molar-refractivity contribution in [1.82, 2.24) is 9.80 Å². The maximum Gasteiger partial charge on any atom is 0.416 e. The van der Waals surface area contributed by atoms with E-state index in [1.807, 2.05) is 0 Å². The molecule has 0 saturated carbocycles. The number of amides is 2. The molecule has 0 aliphatic carbocycles. The van der Waals surface area contributed by atoms with Gasteiger partial charge < -0.3 is 14.9 Å². The van der Waals surface area contributed by atoms with Crippen molar-refractivity contribution in [2.45, 2.75) is 32.1 Å². The summed E-state index contributed by atoms with van der Waals surface area (Å²) in [5.74, 6) is -2.69. The molecule has 0 radical (unpaired) electrons. The number of nitrogens with zero attached hydrogens (tertiary/aromatic N) is 2. The predicted octanol–water partition coefficient (Wildman–Crippen LogP) is 1.99. The Morgan fingerprint density at radius 2 is 2.04 bits per heavy atom. The summed E-state index contributed by atoms with van der Waals surface area (Å²) in [5.41, 5.74) is -0.488. The molecule has 9 heteroatoms. The fourth-order valence-corrected chi connectivity index (χ4v) is 2.80. The van der Waals surface area contributed by atoms with E-state index in [1.54, 1.807) is 0 Å². The van der Waals surface area contributed by atoms with Gasteiger partial charge in [0.15, 0.2) is 0 Å². The number of carbonyl (C=O) groups is 3. The molecule has 2 unspecified atom stereocenters. The van der Waals surface area contributed by atoms with Crippen molar-refractivity contribution >= 4 is 17.8 Å². The quantitative estimate of drug-likeness (QED) is 0.858. The Balaban J connectivity index is 2.06. The van der Waals surface area contributed by atoms with Crippen LogP contribution in [0.25, 0.3) is 0 Å². The van der Waals surface area contributed by atoms with Gasteiger partial charge in [0.1, 0.15) is 6.04 Å². The summed E-state index contributed by atoms with van der Waals surface area (Å²) in [6, 6.07) is 3.64. The van der Waals surface area contributed by atoms with E-state index in [1.165, 1.54) is 31.0 Å². The molecule has 2 amide bonds. The molecule has 1 N–H and O–H groups in total. The number of alkyl halides is 3. The molecule has 6 nitrogen and oxygen atoms in total. The van der Waals surface area contributed by atoms with E-state index in [-0.39, 0.29) is 25.4 Å². The van der Waals surface area contributed by atoms with Crippen LogP contribution in [-0.4, -0.2) is 52.3 Å². The highest BCUT2D eigenvalue weighted by molar-refractivity contribution is 5.91. The highest BCUT2D eigenvalue weighted by atomic mass is 19.4. The van der Waals surface area contributed by atoms with Crippen LogP contribution in [0.15, 0.2) is 24.3 Å². The van der Waals surface area contributed by atoms with Gasteiger partial charge in [-0.25, -0.2) is 4.79 Å². The number of likely N-dealkylation sites (N-methyl/N-ethyl adjacent to an activating group) is 1. The number of likely N-dealkylation sites (tertiary alicyclic amines) is 1. The van der Waals surface area contributed by atoms with Crippen LogP contribution in [-0.2, 0) is 27.1 Å². The lowest BCUT2D eigenvalue weighted by molar-refractivity contribution is -0.149. The van der Waals surface area contributed by atoms with Crippen LogP contribution in [0.2, 0.25) is 0 Å². The number of aliphatic carboxylic acids is 1. The van der Waals surface area contributed by atoms with Gasteiger partial charge in [-0.2, -0.15) is 13.2 Å². The summed E-state index contributed by atoms with van der Waals surface area (Å²) in [7, 11) is 1.35. The minimum absolute atomic E-state index is 0.0370. The Labute approximate surface area is 148 Å². The Morgan fingerprint density at radius 3 is 2.62 bits per heavy atom. The fourth-order valence-electron chi connectivity index (χ4n) is 2.80. The second-order valence-electron chi connectivity index (χ2n) is 6.34. The van der Waals surface area contributed by atoms with E-state index in [4.69, 9.17) is 5.11 Å². The Morgan fingerprint density at radius 1 is 1.38 bits per heavy atom. The van der Waals surface area contributed by atoms with Gasteiger partial charge >= 0.3 is 12.1 Å². The zero-order chi connectivity index (χ0) is 19.6. The summed E-state index contributed by atoms with van der Waals surface area (Å²) >= 11 is 0. The van der Waals surface area contributed by atoms with Gasteiger partial charge in [-0.3, -0.25) is 9.59 Å². The van der Waals surface area contributed by atoms with Crippen LogP contribution < -0.4 is 0 Å². The summed E-state index contributed by atoms with van der Waals surface area (Å²) in [6.07, 6.45) is -4.56. The molecule has 1 fully saturated rings. The number of benzene rings is 1. The summed E-state index contributed by atoms with van der Waals surface area (Å²) < 4.78 is 38.3. The number of carboxylic acid groups (broad SMARTS) is 1. The van der Waals surface area contributed by atoms with Crippen LogP contribution in [0.1, 0.15) is 24.5 Å². The molecule has 26 heavy (non-hydrogen) atoms. The van der Waals surface area contributed by atoms with Crippen molar-refractivity contribution in [3.8, 4) is 0 Å². The summed E-state index contributed by atoms with van der Waals surface area (Å²) in [4.78, 5) is 37.8. The van der Waals surface area contributed by atoms with Crippen LogP contribution in [0.4, 0.5) is 13.2 Å². The van der Waals surface area contributed by atoms with Crippen LogP contribution in [0, 0.1) is 5.92 Å².